The van der Waals surface area contributed by atoms with Crippen molar-refractivity contribution in [1.29, 1.82) is 0 Å². The Morgan fingerprint density at radius 1 is 1.00 bits per heavy atom. The first-order valence-corrected chi connectivity index (χ1v) is 12.6. The van der Waals surface area contributed by atoms with Gasteiger partial charge in [-0.15, -0.1) is 0 Å². The molecule has 5 nitrogen and oxygen atoms in total. The van der Waals surface area contributed by atoms with Crippen molar-refractivity contribution in [2.75, 3.05) is 18.0 Å². The molecule has 1 saturated heterocycles. The van der Waals surface area contributed by atoms with Gasteiger partial charge in [-0.25, -0.2) is 0 Å². The Morgan fingerprint density at radius 2 is 1.77 bits per heavy atom. The maximum atomic E-state index is 11.3. The fraction of sp³-hybridized carbons (Fsp3) is 0.367. The molecule has 0 aromatic heterocycles. The number of nitrogens with zero attached hydrogens (tertiary/aromatic N) is 1. The van der Waals surface area contributed by atoms with Crippen LogP contribution in [0.2, 0.25) is 0 Å². The summed E-state index contributed by atoms with van der Waals surface area (Å²) in [5.74, 6) is -0.243. The van der Waals surface area contributed by atoms with E-state index in [1.54, 1.807) is 0 Å². The average molecular weight is 471 g/mol. The van der Waals surface area contributed by atoms with Crippen LogP contribution in [0.1, 0.15) is 55.3 Å². The monoisotopic (exact) mass is 470 g/mol. The molecule has 2 aliphatic rings. The number of carboxylic acids is 1. The van der Waals surface area contributed by atoms with Gasteiger partial charge < -0.3 is 20.5 Å². The van der Waals surface area contributed by atoms with E-state index in [2.05, 4.69) is 47.4 Å². The van der Waals surface area contributed by atoms with Gasteiger partial charge in [-0.1, -0.05) is 36.4 Å². The molecule has 3 aromatic carbocycles. The van der Waals surface area contributed by atoms with Crippen LogP contribution in [0.4, 0.5) is 5.69 Å². The molecule has 182 valence electrons. The van der Waals surface area contributed by atoms with Crippen LogP contribution in [-0.4, -0.2) is 24.2 Å². The topological polar surface area (TPSA) is 75.8 Å². The van der Waals surface area contributed by atoms with Gasteiger partial charge in [-0.05, 0) is 90.6 Å². The summed E-state index contributed by atoms with van der Waals surface area (Å²) < 4.78 is 6.16. The minimum Gasteiger partial charge on any atom is -0.489 e. The predicted molar refractivity (Wildman–Crippen MR) is 140 cm³/mol. The number of ether oxygens (including phenoxy) is 1. The van der Waals surface area contributed by atoms with Gasteiger partial charge in [-0.2, -0.15) is 0 Å². The van der Waals surface area contributed by atoms with E-state index in [1.807, 2.05) is 31.2 Å². The summed E-state index contributed by atoms with van der Waals surface area (Å²) in [6.45, 7) is 4.56. The van der Waals surface area contributed by atoms with Crippen LogP contribution in [0.25, 0.3) is 11.1 Å². The van der Waals surface area contributed by atoms with Crippen molar-refractivity contribution in [2.45, 2.75) is 51.7 Å². The van der Waals surface area contributed by atoms with E-state index in [9.17, 15) is 9.90 Å². The van der Waals surface area contributed by atoms with Gasteiger partial charge in [0.25, 0.3) is 0 Å². The number of nitrogens with two attached hydrogens (primary N) is 1. The third-order valence-corrected chi connectivity index (χ3v) is 7.58. The zero-order valence-corrected chi connectivity index (χ0v) is 20.4. The molecule has 2 fully saturated rings. The molecule has 0 radical (unpaired) electrons. The third-order valence-electron chi connectivity index (χ3n) is 7.58. The van der Waals surface area contributed by atoms with Crippen LogP contribution < -0.4 is 15.4 Å². The van der Waals surface area contributed by atoms with E-state index in [1.165, 1.54) is 31.4 Å². The Hall–Kier alpha value is -3.31. The lowest BCUT2D eigenvalue weighted by Crippen LogP contribution is -2.34. The second-order valence-electron chi connectivity index (χ2n) is 10.3. The molecule has 1 aliphatic carbocycles. The van der Waals surface area contributed by atoms with Crippen molar-refractivity contribution >= 4 is 11.7 Å². The van der Waals surface area contributed by atoms with E-state index in [4.69, 9.17) is 10.5 Å². The molecular weight excluding hydrogens is 436 g/mol. The van der Waals surface area contributed by atoms with Gasteiger partial charge in [-0.3, -0.25) is 4.79 Å². The number of hydrogen-bond donors (Lipinski definition) is 2. The van der Waals surface area contributed by atoms with Gasteiger partial charge in [0.2, 0.25) is 0 Å². The molecule has 35 heavy (non-hydrogen) atoms. The number of piperidine rings is 1. The summed E-state index contributed by atoms with van der Waals surface area (Å²) >= 11 is 0. The van der Waals surface area contributed by atoms with Crippen LogP contribution in [-0.2, 0) is 17.8 Å². The van der Waals surface area contributed by atoms with Gasteiger partial charge in [0.05, 0.1) is 6.42 Å². The van der Waals surface area contributed by atoms with Crippen LogP contribution in [0, 0.1) is 5.41 Å². The lowest BCUT2D eigenvalue weighted by atomic mass is 9.92. The predicted octanol–water partition coefficient (Wildman–Crippen LogP) is 5.96. The van der Waals surface area contributed by atoms with E-state index >= 15 is 0 Å². The number of benzene rings is 3. The van der Waals surface area contributed by atoms with Crippen molar-refractivity contribution < 1.29 is 14.6 Å². The molecule has 5 rings (SSSR count). The number of carbonyl (C=O) groups is 1. The standard InChI is InChI=1S/C30H34N2O3/c1-21(31)23-6-4-7-24(17-23)26-15-22(20-35-28-8-3-2-5-25(28)19-29(33)34)16-27(18-26)32-13-11-30(9-10-30)12-14-32/h2-8,15-18,21H,9-14,19-20,31H2,1H3,(H,33,34). The Kier molecular flexibility index (Phi) is 6.52. The number of anilines is 1. The van der Waals surface area contributed by atoms with E-state index in [-0.39, 0.29) is 12.5 Å². The molecule has 1 unspecified atom stereocenters. The molecular formula is C30H34N2O3. The first-order valence-electron chi connectivity index (χ1n) is 12.6. The van der Waals surface area contributed by atoms with Crippen molar-refractivity contribution in [3.8, 4) is 16.9 Å². The van der Waals surface area contributed by atoms with Gasteiger partial charge in [0.15, 0.2) is 0 Å². The molecule has 0 bridgehead atoms. The lowest BCUT2D eigenvalue weighted by Gasteiger charge is -2.34. The van der Waals surface area contributed by atoms with E-state index < -0.39 is 5.97 Å². The smallest absolute Gasteiger partial charge is 0.307 e. The number of para-hydroxylation sites is 1. The van der Waals surface area contributed by atoms with Crippen LogP contribution in [0.3, 0.4) is 0 Å². The van der Waals surface area contributed by atoms with Crippen LogP contribution >= 0.6 is 0 Å². The maximum absolute atomic E-state index is 11.3. The lowest BCUT2D eigenvalue weighted by molar-refractivity contribution is -0.136. The van der Waals surface area contributed by atoms with Crippen molar-refractivity contribution in [1.82, 2.24) is 0 Å². The quantitative estimate of drug-likeness (QED) is 0.425. The normalized spacial score (nSPS) is 17.3. The Labute approximate surface area is 207 Å². The molecule has 1 atom stereocenters. The molecule has 1 aliphatic heterocycles. The van der Waals surface area contributed by atoms with Gasteiger partial charge in [0, 0.05) is 30.4 Å². The fourth-order valence-electron chi connectivity index (χ4n) is 5.14. The van der Waals surface area contributed by atoms with E-state index in [0.717, 1.165) is 35.3 Å². The zero-order valence-electron chi connectivity index (χ0n) is 20.4. The van der Waals surface area contributed by atoms with Crippen molar-refractivity contribution in [3.05, 3.63) is 83.4 Å². The largest absolute Gasteiger partial charge is 0.489 e. The fourth-order valence-corrected chi connectivity index (χ4v) is 5.14. The second kappa shape index (κ2) is 9.74. The molecule has 5 heteroatoms. The molecule has 1 saturated carbocycles. The molecule has 0 amide bonds. The summed E-state index contributed by atoms with van der Waals surface area (Å²) in [6, 6.07) is 22.5. The van der Waals surface area contributed by atoms with Crippen molar-refractivity contribution in [2.24, 2.45) is 11.1 Å². The number of hydrogen-bond acceptors (Lipinski definition) is 4. The Balaban J connectivity index is 1.44. The van der Waals surface area contributed by atoms with Gasteiger partial charge in [0.1, 0.15) is 12.4 Å². The minimum atomic E-state index is -0.863. The minimum absolute atomic E-state index is 0.0245. The number of carboxylic acid groups (broad SMARTS) is 1. The maximum Gasteiger partial charge on any atom is 0.307 e. The molecule has 3 aromatic rings. The highest BCUT2D eigenvalue weighted by Gasteiger charge is 2.44. The second-order valence-corrected chi connectivity index (χ2v) is 10.3. The highest BCUT2D eigenvalue weighted by atomic mass is 16.5. The van der Waals surface area contributed by atoms with Crippen LogP contribution in [0.15, 0.2) is 66.7 Å². The highest BCUT2D eigenvalue weighted by Crippen LogP contribution is 2.54. The average Bonchev–Trinajstić information content (AvgIpc) is 3.62. The summed E-state index contributed by atoms with van der Waals surface area (Å²) in [4.78, 5) is 13.8. The summed E-state index contributed by atoms with van der Waals surface area (Å²) in [6.07, 6.45) is 5.26. The van der Waals surface area contributed by atoms with E-state index in [0.29, 0.717) is 23.3 Å². The molecule has 1 heterocycles. The zero-order chi connectivity index (χ0) is 24.4. The first-order chi connectivity index (χ1) is 16.9. The SMILES string of the molecule is CC(N)c1cccc(-c2cc(COc3ccccc3CC(=O)O)cc(N3CCC4(CC3)CC4)c2)c1. The number of rotatable bonds is 8. The number of aliphatic carboxylic acids is 1. The summed E-state index contributed by atoms with van der Waals surface area (Å²) in [5, 5.41) is 9.25. The third kappa shape index (κ3) is 5.51. The Morgan fingerprint density at radius 3 is 2.49 bits per heavy atom. The first kappa shape index (κ1) is 23.4. The Bertz CT molecular complexity index is 1210. The summed E-state index contributed by atoms with van der Waals surface area (Å²) in [7, 11) is 0. The molecule has 3 N–H and O–H groups in total. The highest BCUT2D eigenvalue weighted by molar-refractivity contribution is 5.72. The molecule has 1 spiro atoms. The summed E-state index contributed by atoms with van der Waals surface area (Å²) in [5.41, 5.74) is 13.2. The van der Waals surface area contributed by atoms with Gasteiger partial charge >= 0.3 is 5.97 Å². The van der Waals surface area contributed by atoms with Crippen molar-refractivity contribution in [3.63, 3.8) is 0 Å². The van der Waals surface area contributed by atoms with Crippen LogP contribution in [0.5, 0.6) is 5.75 Å².